The van der Waals surface area contributed by atoms with E-state index in [0.29, 0.717) is 25.9 Å². The number of hydrogen-bond acceptors (Lipinski definition) is 3. The number of anilines is 1. The van der Waals surface area contributed by atoms with Crippen LogP contribution in [0.5, 0.6) is 0 Å². The van der Waals surface area contributed by atoms with Gasteiger partial charge >= 0.3 is 0 Å². The number of nitrogens with one attached hydrogen (secondary N) is 1. The van der Waals surface area contributed by atoms with Crippen LogP contribution in [0.1, 0.15) is 12.8 Å². The molecule has 1 aliphatic heterocycles. The van der Waals surface area contributed by atoms with Crippen LogP contribution in [0.3, 0.4) is 0 Å². The van der Waals surface area contributed by atoms with Crippen molar-refractivity contribution in [2.45, 2.75) is 12.8 Å². The molecule has 0 saturated carbocycles. The van der Waals surface area contributed by atoms with Crippen molar-refractivity contribution in [2.24, 2.45) is 11.7 Å². The molecule has 20 heavy (non-hydrogen) atoms. The maximum absolute atomic E-state index is 12.0. The molecular weight excluding hydrogens is 278 g/mol. The van der Waals surface area contributed by atoms with Crippen LogP contribution in [0.4, 0.5) is 5.69 Å². The number of benzene rings is 1. The molecule has 0 radical (unpaired) electrons. The van der Waals surface area contributed by atoms with Crippen molar-refractivity contribution in [3.8, 4) is 0 Å². The van der Waals surface area contributed by atoms with Crippen LogP contribution in [0.2, 0.25) is 0 Å². The molecule has 1 heterocycles. The number of halogens is 1. The Kier molecular flexibility index (Phi) is 6.31. The molecule has 1 fully saturated rings. The molecule has 0 unspecified atom stereocenters. The number of carbonyl (C=O) groups excluding carboxylic acids is 2. The fraction of sp³-hybridized carbons (Fsp3) is 0.429. The first-order chi connectivity index (χ1) is 9.16. The number of hydrogen-bond donors (Lipinski definition) is 2. The lowest BCUT2D eigenvalue weighted by Gasteiger charge is -2.30. The van der Waals surface area contributed by atoms with E-state index in [0.717, 1.165) is 5.69 Å². The zero-order valence-corrected chi connectivity index (χ0v) is 12.1. The van der Waals surface area contributed by atoms with Gasteiger partial charge in [0.2, 0.25) is 11.8 Å². The highest BCUT2D eigenvalue weighted by molar-refractivity contribution is 5.85. The number of carbonyl (C=O) groups is 2. The summed E-state index contributed by atoms with van der Waals surface area (Å²) in [5, 5.41) is 3.09. The lowest BCUT2D eigenvalue weighted by atomic mass is 9.96. The molecule has 1 saturated heterocycles. The van der Waals surface area contributed by atoms with E-state index in [1.165, 1.54) is 0 Å². The third-order valence-electron chi connectivity index (χ3n) is 3.47. The van der Waals surface area contributed by atoms with E-state index in [2.05, 4.69) is 5.32 Å². The summed E-state index contributed by atoms with van der Waals surface area (Å²) in [4.78, 5) is 24.8. The lowest BCUT2D eigenvalue weighted by molar-refractivity contribution is -0.133. The van der Waals surface area contributed by atoms with Crippen molar-refractivity contribution < 1.29 is 9.59 Å². The summed E-state index contributed by atoms with van der Waals surface area (Å²) in [6.45, 7) is 1.51. The van der Waals surface area contributed by atoms with Gasteiger partial charge in [0.25, 0.3) is 0 Å². The van der Waals surface area contributed by atoms with Gasteiger partial charge in [-0.2, -0.15) is 0 Å². The molecule has 0 aromatic heterocycles. The SMILES string of the molecule is Cl.NC(=O)C1CCN(C(=O)CNc2ccccc2)CC1. The smallest absolute Gasteiger partial charge is 0.241 e. The molecule has 1 aromatic carbocycles. The summed E-state index contributed by atoms with van der Waals surface area (Å²) < 4.78 is 0. The van der Waals surface area contributed by atoms with Crippen LogP contribution in [-0.4, -0.2) is 36.3 Å². The molecule has 1 aliphatic rings. The van der Waals surface area contributed by atoms with E-state index in [1.54, 1.807) is 4.90 Å². The van der Waals surface area contributed by atoms with Gasteiger partial charge in [-0.15, -0.1) is 12.4 Å². The number of likely N-dealkylation sites (tertiary alicyclic amines) is 1. The van der Waals surface area contributed by atoms with Crippen LogP contribution in [0.15, 0.2) is 30.3 Å². The molecule has 3 N–H and O–H groups in total. The molecule has 6 heteroatoms. The summed E-state index contributed by atoms with van der Waals surface area (Å²) in [6, 6.07) is 9.62. The first kappa shape index (κ1) is 16.3. The van der Waals surface area contributed by atoms with E-state index in [9.17, 15) is 9.59 Å². The van der Waals surface area contributed by atoms with Gasteiger partial charge in [0.05, 0.1) is 6.54 Å². The van der Waals surface area contributed by atoms with E-state index in [1.807, 2.05) is 30.3 Å². The van der Waals surface area contributed by atoms with Gasteiger partial charge < -0.3 is 16.0 Å². The minimum atomic E-state index is -0.255. The molecular formula is C14H20ClN3O2. The second-order valence-electron chi connectivity index (χ2n) is 4.78. The minimum Gasteiger partial charge on any atom is -0.376 e. The maximum Gasteiger partial charge on any atom is 0.241 e. The fourth-order valence-corrected chi connectivity index (χ4v) is 2.26. The third kappa shape index (κ3) is 4.42. The molecule has 0 spiro atoms. The molecule has 2 amide bonds. The fourth-order valence-electron chi connectivity index (χ4n) is 2.26. The normalized spacial score (nSPS) is 15.3. The molecule has 0 atom stereocenters. The average molecular weight is 298 g/mol. The molecule has 1 aromatic rings. The second-order valence-corrected chi connectivity index (χ2v) is 4.78. The Morgan fingerprint density at radius 2 is 1.80 bits per heavy atom. The minimum absolute atomic E-state index is 0. The number of nitrogens with two attached hydrogens (primary N) is 1. The summed E-state index contributed by atoms with van der Waals surface area (Å²) in [5.41, 5.74) is 6.20. The van der Waals surface area contributed by atoms with Crippen molar-refractivity contribution in [3.63, 3.8) is 0 Å². The van der Waals surface area contributed by atoms with Crippen LogP contribution < -0.4 is 11.1 Å². The first-order valence-electron chi connectivity index (χ1n) is 6.53. The standard InChI is InChI=1S/C14H19N3O2.ClH/c15-14(19)11-6-8-17(9-7-11)13(18)10-16-12-4-2-1-3-5-12;/h1-5,11,16H,6-10H2,(H2,15,19);1H. The average Bonchev–Trinajstić information content (AvgIpc) is 2.46. The van der Waals surface area contributed by atoms with Crippen molar-refractivity contribution in [2.75, 3.05) is 25.0 Å². The number of primary amides is 1. The second kappa shape index (κ2) is 7.75. The van der Waals surface area contributed by atoms with Crippen molar-refractivity contribution in [3.05, 3.63) is 30.3 Å². The Hall–Kier alpha value is -1.75. The highest BCUT2D eigenvalue weighted by Crippen LogP contribution is 2.16. The van der Waals surface area contributed by atoms with Gasteiger partial charge in [0, 0.05) is 24.7 Å². The predicted octanol–water partition coefficient (Wildman–Crippen LogP) is 1.24. The van der Waals surface area contributed by atoms with Gasteiger partial charge in [-0.1, -0.05) is 18.2 Å². The highest BCUT2D eigenvalue weighted by atomic mass is 35.5. The van der Waals surface area contributed by atoms with Crippen LogP contribution in [0.25, 0.3) is 0 Å². The number of nitrogens with zero attached hydrogens (tertiary/aromatic N) is 1. The third-order valence-corrected chi connectivity index (χ3v) is 3.47. The van der Waals surface area contributed by atoms with Crippen LogP contribution >= 0.6 is 12.4 Å². The zero-order chi connectivity index (χ0) is 13.7. The van der Waals surface area contributed by atoms with E-state index in [-0.39, 0.29) is 36.7 Å². The lowest BCUT2D eigenvalue weighted by Crippen LogP contribution is -2.43. The molecule has 0 bridgehead atoms. The topological polar surface area (TPSA) is 75.4 Å². The molecule has 5 nitrogen and oxygen atoms in total. The van der Waals surface area contributed by atoms with Crippen LogP contribution in [0, 0.1) is 5.92 Å². The Labute approximate surface area is 124 Å². The molecule has 110 valence electrons. The monoisotopic (exact) mass is 297 g/mol. The highest BCUT2D eigenvalue weighted by Gasteiger charge is 2.25. The van der Waals surface area contributed by atoms with E-state index in [4.69, 9.17) is 5.73 Å². The van der Waals surface area contributed by atoms with Crippen LogP contribution in [-0.2, 0) is 9.59 Å². The van der Waals surface area contributed by atoms with E-state index >= 15 is 0 Å². The van der Waals surface area contributed by atoms with Gasteiger partial charge in [-0.25, -0.2) is 0 Å². The number of piperidine rings is 1. The van der Waals surface area contributed by atoms with Gasteiger partial charge in [0.15, 0.2) is 0 Å². The zero-order valence-electron chi connectivity index (χ0n) is 11.2. The van der Waals surface area contributed by atoms with Gasteiger partial charge in [0.1, 0.15) is 0 Å². The first-order valence-corrected chi connectivity index (χ1v) is 6.53. The number of rotatable bonds is 4. The predicted molar refractivity (Wildman–Crippen MR) is 80.7 cm³/mol. The van der Waals surface area contributed by atoms with Crippen molar-refractivity contribution >= 4 is 29.9 Å². The maximum atomic E-state index is 12.0. The Morgan fingerprint density at radius 1 is 1.20 bits per heavy atom. The largest absolute Gasteiger partial charge is 0.376 e. The Balaban J connectivity index is 0.00000200. The Bertz CT molecular complexity index is 445. The summed E-state index contributed by atoms with van der Waals surface area (Å²) in [7, 11) is 0. The summed E-state index contributed by atoms with van der Waals surface area (Å²) >= 11 is 0. The summed E-state index contributed by atoms with van der Waals surface area (Å²) in [6.07, 6.45) is 1.35. The van der Waals surface area contributed by atoms with Gasteiger partial charge in [-0.05, 0) is 25.0 Å². The van der Waals surface area contributed by atoms with Gasteiger partial charge in [-0.3, -0.25) is 9.59 Å². The molecule has 0 aliphatic carbocycles. The van der Waals surface area contributed by atoms with Crippen molar-refractivity contribution in [1.82, 2.24) is 4.90 Å². The summed E-state index contributed by atoms with van der Waals surface area (Å²) in [5.74, 6) is -0.271. The van der Waals surface area contributed by atoms with Crippen molar-refractivity contribution in [1.29, 1.82) is 0 Å². The number of amides is 2. The van der Waals surface area contributed by atoms with E-state index < -0.39 is 0 Å². The molecule has 2 rings (SSSR count). The quantitative estimate of drug-likeness (QED) is 0.878. The number of para-hydroxylation sites is 1. The Morgan fingerprint density at radius 3 is 2.35 bits per heavy atom.